The van der Waals surface area contributed by atoms with E-state index in [1.807, 2.05) is 0 Å². The highest BCUT2D eigenvalue weighted by atomic mass is 35.5. The molecule has 2 atom stereocenters. The van der Waals surface area contributed by atoms with Crippen LogP contribution < -0.4 is 11.1 Å². The fourth-order valence-corrected chi connectivity index (χ4v) is 3.64. The van der Waals surface area contributed by atoms with Crippen LogP contribution in [0.25, 0.3) is 0 Å². The molecule has 3 N–H and O–H groups in total. The molecular weight excluding hydrogens is 321 g/mol. The smallest absolute Gasteiger partial charge is 0.251 e. The maximum Gasteiger partial charge on any atom is 0.251 e. The molecule has 0 radical (unpaired) electrons. The van der Waals surface area contributed by atoms with E-state index in [0.717, 1.165) is 12.8 Å². The second-order valence-corrected chi connectivity index (χ2v) is 6.17. The largest absolute Gasteiger partial charge is 0.399 e. The molecule has 6 heteroatoms. The van der Waals surface area contributed by atoms with Crippen molar-refractivity contribution in [3.05, 3.63) is 29.8 Å². The number of carbonyl (C=O) groups is 1. The average Bonchev–Trinajstić information content (AvgIpc) is 2.40. The summed E-state index contributed by atoms with van der Waals surface area (Å²) in [6.07, 6.45) is 6.02. The van der Waals surface area contributed by atoms with Gasteiger partial charge in [-0.3, -0.25) is 4.79 Å². The number of amides is 1. The van der Waals surface area contributed by atoms with Crippen molar-refractivity contribution < 1.29 is 4.79 Å². The lowest BCUT2D eigenvalue weighted by atomic mass is 9.82. The summed E-state index contributed by atoms with van der Waals surface area (Å²) in [5, 5.41) is 3.20. The third kappa shape index (κ3) is 4.06. The Morgan fingerprint density at radius 1 is 1.14 bits per heavy atom. The summed E-state index contributed by atoms with van der Waals surface area (Å²) in [5.74, 6) is 0.0256. The Morgan fingerprint density at radius 3 is 2.23 bits per heavy atom. The van der Waals surface area contributed by atoms with Gasteiger partial charge in [0.15, 0.2) is 0 Å². The van der Waals surface area contributed by atoms with Gasteiger partial charge in [0.2, 0.25) is 0 Å². The Kier molecular flexibility index (Phi) is 6.98. The molecule has 2 heterocycles. The van der Waals surface area contributed by atoms with Gasteiger partial charge in [0.25, 0.3) is 5.91 Å². The van der Waals surface area contributed by atoms with E-state index < -0.39 is 0 Å². The molecule has 2 saturated heterocycles. The lowest BCUT2D eigenvalue weighted by Gasteiger charge is -2.47. The Hall–Kier alpha value is -0.970. The van der Waals surface area contributed by atoms with E-state index in [1.54, 1.807) is 24.3 Å². The van der Waals surface area contributed by atoms with Gasteiger partial charge in [-0.25, -0.2) is 0 Å². The Balaban J connectivity index is 0.00000121. The van der Waals surface area contributed by atoms with E-state index >= 15 is 0 Å². The number of piperidine rings is 2. The summed E-state index contributed by atoms with van der Waals surface area (Å²) in [5.41, 5.74) is 7.04. The van der Waals surface area contributed by atoms with Crippen LogP contribution in [0.4, 0.5) is 5.69 Å². The molecule has 1 aromatic rings. The van der Waals surface area contributed by atoms with Gasteiger partial charge >= 0.3 is 0 Å². The zero-order valence-corrected chi connectivity index (χ0v) is 14.5. The predicted molar refractivity (Wildman–Crippen MR) is 95.0 cm³/mol. The van der Waals surface area contributed by atoms with Gasteiger partial charge in [-0.1, -0.05) is 6.42 Å². The standard InChI is InChI=1S/C16H23N3O.2ClH/c1-19-14-3-2-4-15(19)10-13(9-14)18-16(20)11-5-7-12(17)8-6-11;;/h5-8,13-15H,2-4,9-10,17H2,1H3,(H,18,20);2*1H. The van der Waals surface area contributed by atoms with Crippen molar-refractivity contribution in [3.63, 3.8) is 0 Å². The Labute approximate surface area is 144 Å². The number of nitrogens with one attached hydrogen (secondary N) is 1. The first-order chi connectivity index (χ1) is 9.63. The predicted octanol–water partition coefficient (Wildman–Crippen LogP) is 2.86. The lowest BCUT2D eigenvalue weighted by Crippen LogP contribution is -2.55. The maximum absolute atomic E-state index is 12.3. The number of fused-ring (bicyclic) bond motifs is 2. The van der Waals surface area contributed by atoms with E-state index in [0.29, 0.717) is 29.4 Å². The molecule has 0 spiro atoms. The fourth-order valence-electron chi connectivity index (χ4n) is 3.64. The quantitative estimate of drug-likeness (QED) is 0.810. The van der Waals surface area contributed by atoms with Crippen molar-refractivity contribution in [1.29, 1.82) is 0 Å². The summed E-state index contributed by atoms with van der Waals surface area (Å²) in [6, 6.07) is 8.72. The Morgan fingerprint density at radius 2 is 1.68 bits per heavy atom. The van der Waals surface area contributed by atoms with Crippen LogP contribution in [0.3, 0.4) is 0 Å². The number of hydrogen-bond acceptors (Lipinski definition) is 3. The number of nitrogens with zero attached hydrogens (tertiary/aromatic N) is 1. The fraction of sp³-hybridized carbons (Fsp3) is 0.562. The molecule has 4 nitrogen and oxygen atoms in total. The third-order valence-corrected chi connectivity index (χ3v) is 4.85. The molecule has 0 saturated carbocycles. The minimum Gasteiger partial charge on any atom is -0.399 e. The molecule has 124 valence electrons. The molecular formula is C16H25Cl2N3O. The number of nitrogen functional groups attached to an aromatic ring is 1. The first kappa shape index (κ1) is 19.1. The van der Waals surface area contributed by atoms with Crippen molar-refractivity contribution in [2.75, 3.05) is 12.8 Å². The molecule has 3 rings (SSSR count). The van der Waals surface area contributed by atoms with Gasteiger partial charge in [0, 0.05) is 29.4 Å². The number of rotatable bonds is 2. The van der Waals surface area contributed by atoms with Crippen molar-refractivity contribution >= 4 is 36.4 Å². The van der Waals surface area contributed by atoms with Gasteiger partial charge < -0.3 is 16.0 Å². The van der Waals surface area contributed by atoms with Crippen molar-refractivity contribution in [3.8, 4) is 0 Å². The van der Waals surface area contributed by atoms with E-state index in [1.165, 1.54) is 19.3 Å². The number of anilines is 1. The molecule has 1 aromatic carbocycles. The number of carbonyl (C=O) groups excluding carboxylic acids is 1. The van der Waals surface area contributed by atoms with Gasteiger partial charge in [0.05, 0.1) is 0 Å². The van der Waals surface area contributed by atoms with Gasteiger partial charge in [-0.2, -0.15) is 0 Å². The summed E-state index contributed by atoms with van der Waals surface area (Å²) >= 11 is 0. The van der Waals surface area contributed by atoms with Crippen LogP contribution in [0.2, 0.25) is 0 Å². The second kappa shape index (κ2) is 8.04. The summed E-state index contributed by atoms with van der Waals surface area (Å²) in [4.78, 5) is 14.8. The van der Waals surface area contributed by atoms with E-state index in [9.17, 15) is 4.79 Å². The normalized spacial score (nSPS) is 27.2. The zero-order chi connectivity index (χ0) is 14.1. The minimum absolute atomic E-state index is 0. The van der Waals surface area contributed by atoms with Crippen LogP contribution in [0, 0.1) is 0 Å². The SMILES string of the molecule is CN1C2CCCC1CC(NC(=O)c1ccc(N)cc1)C2.Cl.Cl. The molecule has 2 aliphatic rings. The molecule has 0 aromatic heterocycles. The highest BCUT2D eigenvalue weighted by Crippen LogP contribution is 2.32. The number of hydrogen-bond donors (Lipinski definition) is 2. The summed E-state index contributed by atoms with van der Waals surface area (Å²) < 4.78 is 0. The summed E-state index contributed by atoms with van der Waals surface area (Å²) in [7, 11) is 2.23. The van der Waals surface area contributed by atoms with Crippen LogP contribution in [0.5, 0.6) is 0 Å². The topological polar surface area (TPSA) is 58.4 Å². The van der Waals surface area contributed by atoms with Crippen LogP contribution in [0.15, 0.2) is 24.3 Å². The zero-order valence-electron chi connectivity index (χ0n) is 12.8. The number of benzene rings is 1. The summed E-state index contributed by atoms with van der Waals surface area (Å²) in [6.45, 7) is 0. The molecule has 2 aliphatic heterocycles. The molecule has 2 bridgehead atoms. The van der Waals surface area contributed by atoms with Gasteiger partial charge in [0.1, 0.15) is 0 Å². The van der Waals surface area contributed by atoms with Crippen LogP contribution in [-0.4, -0.2) is 36.0 Å². The highest BCUT2D eigenvalue weighted by molar-refractivity contribution is 5.94. The van der Waals surface area contributed by atoms with E-state index in [2.05, 4.69) is 17.3 Å². The molecule has 0 aliphatic carbocycles. The molecule has 2 unspecified atom stereocenters. The van der Waals surface area contributed by atoms with E-state index in [4.69, 9.17) is 5.73 Å². The first-order valence-corrected chi connectivity index (χ1v) is 7.52. The number of halogens is 2. The first-order valence-electron chi connectivity index (χ1n) is 7.52. The van der Waals surface area contributed by atoms with Gasteiger partial charge in [-0.15, -0.1) is 24.8 Å². The van der Waals surface area contributed by atoms with Crippen LogP contribution >= 0.6 is 24.8 Å². The maximum atomic E-state index is 12.3. The lowest BCUT2D eigenvalue weighted by molar-refractivity contribution is 0.0463. The van der Waals surface area contributed by atoms with E-state index in [-0.39, 0.29) is 30.7 Å². The second-order valence-electron chi connectivity index (χ2n) is 6.17. The highest BCUT2D eigenvalue weighted by Gasteiger charge is 2.36. The van der Waals surface area contributed by atoms with Crippen LogP contribution in [-0.2, 0) is 0 Å². The van der Waals surface area contributed by atoms with Crippen molar-refractivity contribution in [2.24, 2.45) is 0 Å². The minimum atomic E-state index is 0. The molecule has 22 heavy (non-hydrogen) atoms. The third-order valence-electron chi connectivity index (χ3n) is 4.85. The number of nitrogens with two attached hydrogens (primary N) is 1. The van der Waals surface area contributed by atoms with Gasteiger partial charge in [-0.05, 0) is 57.0 Å². The molecule has 2 fully saturated rings. The van der Waals surface area contributed by atoms with Crippen LogP contribution in [0.1, 0.15) is 42.5 Å². The molecule has 1 amide bonds. The van der Waals surface area contributed by atoms with Crippen molar-refractivity contribution in [2.45, 2.75) is 50.2 Å². The Bertz CT molecular complexity index is 481. The average molecular weight is 346 g/mol. The monoisotopic (exact) mass is 345 g/mol. The van der Waals surface area contributed by atoms with Crippen molar-refractivity contribution in [1.82, 2.24) is 10.2 Å².